The van der Waals surface area contributed by atoms with E-state index in [0.717, 1.165) is 19.4 Å². The molecule has 1 aromatic rings. The smallest absolute Gasteiger partial charge is 0.238 e. The van der Waals surface area contributed by atoms with Gasteiger partial charge in [-0.1, -0.05) is 18.0 Å². The molecule has 0 atom stereocenters. The van der Waals surface area contributed by atoms with Gasteiger partial charge < -0.3 is 10.4 Å². The van der Waals surface area contributed by atoms with E-state index in [1.807, 2.05) is 0 Å². The molecule has 0 radical (unpaired) electrons. The molecule has 0 unspecified atom stereocenters. The average molecular weight is 298 g/mol. The Morgan fingerprint density at radius 3 is 2.95 bits per heavy atom. The Labute approximate surface area is 123 Å². The van der Waals surface area contributed by atoms with Gasteiger partial charge in [-0.25, -0.2) is 4.98 Å². The van der Waals surface area contributed by atoms with Crippen LogP contribution in [0.2, 0.25) is 5.15 Å². The van der Waals surface area contributed by atoms with Crippen LogP contribution in [0.1, 0.15) is 25.7 Å². The van der Waals surface area contributed by atoms with E-state index in [9.17, 15) is 4.79 Å². The third-order valence-corrected chi connectivity index (χ3v) is 3.88. The van der Waals surface area contributed by atoms with Crippen molar-refractivity contribution in [1.82, 2.24) is 9.88 Å². The summed E-state index contributed by atoms with van der Waals surface area (Å²) in [7, 11) is 0. The molecule has 110 valence electrons. The quantitative estimate of drug-likeness (QED) is 0.755. The van der Waals surface area contributed by atoms with Crippen LogP contribution >= 0.6 is 11.6 Å². The third-order valence-electron chi connectivity index (χ3n) is 3.57. The number of hydrogen-bond acceptors (Lipinski definition) is 4. The van der Waals surface area contributed by atoms with Gasteiger partial charge in [0.15, 0.2) is 5.15 Å². The summed E-state index contributed by atoms with van der Waals surface area (Å²) in [6, 6.07) is 3.93. The molecule has 0 spiro atoms. The van der Waals surface area contributed by atoms with E-state index in [1.54, 1.807) is 18.3 Å². The van der Waals surface area contributed by atoms with Gasteiger partial charge in [0.1, 0.15) is 0 Å². The molecule has 2 N–H and O–H groups in total. The second-order valence-corrected chi connectivity index (χ2v) is 5.38. The highest BCUT2D eigenvalue weighted by Crippen LogP contribution is 2.25. The van der Waals surface area contributed by atoms with Crippen molar-refractivity contribution in [1.29, 1.82) is 0 Å². The van der Waals surface area contributed by atoms with Crippen molar-refractivity contribution in [3.8, 4) is 0 Å². The number of carbonyl (C=O) groups excluding carboxylic acids is 1. The van der Waals surface area contributed by atoms with Crippen LogP contribution in [0.15, 0.2) is 18.3 Å². The highest BCUT2D eigenvalue weighted by Gasteiger charge is 2.26. The summed E-state index contributed by atoms with van der Waals surface area (Å²) >= 11 is 5.92. The molecule has 1 heterocycles. The van der Waals surface area contributed by atoms with Gasteiger partial charge >= 0.3 is 0 Å². The van der Waals surface area contributed by atoms with Crippen LogP contribution < -0.4 is 5.32 Å². The first-order chi connectivity index (χ1) is 9.70. The fraction of sp³-hybridized carbons (Fsp3) is 0.571. The minimum absolute atomic E-state index is 0.0928. The third kappa shape index (κ3) is 4.16. The summed E-state index contributed by atoms with van der Waals surface area (Å²) in [5, 5.41) is 12.0. The molecule has 1 amide bonds. The van der Waals surface area contributed by atoms with E-state index in [4.69, 9.17) is 16.7 Å². The van der Waals surface area contributed by atoms with Crippen molar-refractivity contribution in [2.45, 2.75) is 31.7 Å². The molecule has 5 nitrogen and oxygen atoms in total. The van der Waals surface area contributed by atoms with Gasteiger partial charge in [-0.05, 0) is 31.4 Å². The van der Waals surface area contributed by atoms with E-state index < -0.39 is 0 Å². The maximum Gasteiger partial charge on any atom is 0.238 e. The van der Waals surface area contributed by atoms with E-state index in [2.05, 4.69) is 15.2 Å². The van der Waals surface area contributed by atoms with E-state index >= 15 is 0 Å². The molecule has 1 aromatic heterocycles. The highest BCUT2D eigenvalue weighted by molar-refractivity contribution is 6.32. The molecule has 20 heavy (non-hydrogen) atoms. The Hall–Kier alpha value is -1.17. The lowest BCUT2D eigenvalue weighted by molar-refractivity contribution is -0.118. The molecule has 0 saturated heterocycles. The summed E-state index contributed by atoms with van der Waals surface area (Å²) in [4.78, 5) is 18.1. The molecule has 0 aromatic carbocycles. The highest BCUT2D eigenvalue weighted by atomic mass is 35.5. The molecule has 0 bridgehead atoms. The van der Waals surface area contributed by atoms with Gasteiger partial charge in [-0.2, -0.15) is 0 Å². The van der Waals surface area contributed by atoms with Crippen LogP contribution in [-0.4, -0.2) is 46.6 Å². The van der Waals surface area contributed by atoms with Crippen molar-refractivity contribution < 1.29 is 9.90 Å². The van der Waals surface area contributed by atoms with Crippen molar-refractivity contribution in [2.24, 2.45) is 0 Å². The number of amides is 1. The number of aliphatic hydroxyl groups is 1. The fourth-order valence-electron chi connectivity index (χ4n) is 2.27. The topological polar surface area (TPSA) is 65.5 Å². The van der Waals surface area contributed by atoms with Crippen molar-refractivity contribution in [3.63, 3.8) is 0 Å². The normalized spacial score (nSPS) is 15.2. The van der Waals surface area contributed by atoms with Gasteiger partial charge in [0.2, 0.25) is 5.91 Å². The molecule has 1 saturated carbocycles. The van der Waals surface area contributed by atoms with Crippen molar-refractivity contribution >= 4 is 23.2 Å². The molecule has 0 aliphatic heterocycles. The van der Waals surface area contributed by atoms with Gasteiger partial charge in [-0.15, -0.1) is 0 Å². The predicted molar refractivity (Wildman–Crippen MR) is 78.8 cm³/mol. The van der Waals surface area contributed by atoms with Crippen LogP contribution in [0.4, 0.5) is 5.69 Å². The molecule has 1 aliphatic carbocycles. The number of pyridine rings is 1. The number of aliphatic hydroxyl groups excluding tert-OH is 1. The zero-order valence-electron chi connectivity index (χ0n) is 11.4. The number of hydrogen-bond donors (Lipinski definition) is 2. The molecule has 1 aliphatic rings. The number of nitrogens with one attached hydrogen (secondary N) is 1. The van der Waals surface area contributed by atoms with Crippen LogP contribution in [0.3, 0.4) is 0 Å². The Bertz CT molecular complexity index is 452. The van der Waals surface area contributed by atoms with Crippen LogP contribution in [0, 0.1) is 0 Å². The minimum Gasteiger partial charge on any atom is -0.396 e. The number of anilines is 1. The lowest BCUT2D eigenvalue weighted by Gasteiger charge is -2.37. The molecule has 2 rings (SSSR count). The predicted octanol–water partition coefficient (Wildman–Crippen LogP) is 1.91. The van der Waals surface area contributed by atoms with Crippen LogP contribution in [0.5, 0.6) is 0 Å². The number of nitrogens with zero attached hydrogens (tertiary/aromatic N) is 2. The van der Waals surface area contributed by atoms with Gasteiger partial charge in [0.25, 0.3) is 0 Å². The number of halogens is 1. The summed E-state index contributed by atoms with van der Waals surface area (Å²) in [5.41, 5.74) is 0.537. The van der Waals surface area contributed by atoms with Crippen molar-refractivity contribution in [2.75, 3.05) is 25.0 Å². The van der Waals surface area contributed by atoms with Crippen LogP contribution in [0.25, 0.3) is 0 Å². The van der Waals surface area contributed by atoms with E-state index in [0.29, 0.717) is 29.8 Å². The lowest BCUT2D eigenvalue weighted by Crippen LogP contribution is -2.45. The van der Waals surface area contributed by atoms with Gasteiger partial charge in [0.05, 0.1) is 12.2 Å². The summed E-state index contributed by atoms with van der Waals surface area (Å²) in [6.45, 7) is 1.23. The molecular formula is C14H20ClN3O2. The van der Waals surface area contributed by atoms with Gasteiger partial charge in [-0.3, -0.25) is 9.69 Å². The monoisotopic (exact) mass is 297 g/mol. The standard InChI is InChI=1S/C14H20ClN3O2/c15-14-12(6-2-7-16-14)17-13(20)10-18(8-3-9-19)11-4-1-5-11/h2,6-7,11,19H,1,3-5,8-10H2,(H,17,20). The molecule has 6 heteroatoms. The zero-order valence-corrected chi connectivity index (χ0v) is 12.1. The lowest BCUT2D eigenvalue weighted by atomic mass is 9.91. The second-order valence-electron chi connectivity index (χ2n) is 5.02. The number of rotatable bonds is 7. The maximum absolute atomic E-state index is 12.1. The summed E-state index contributed by atoms with van der Waals surface area (Å²) in [6.07, 6.45) is 5.76. The van der Waals surface area contributed by atoms with Crippen molar-refractivity contribution in [3.05, 3.63) is 23.5 Å². The summed E-state index contributed by atoms with van der Waals surface area (Å²) in [5.74, 6) is -0.0928. The largest absolute Gasteiger partial charge is 0.396 e. The fourth-order valence-corrected chi connectivity index (χ4v) is 2.44. The Morgan fingerprint density at radius 2 is 2.35 bits per heavy atom. The molecule has 1 fully saturated rings. The number of aromatic nitrogens is 1. The first-order valence-electron chi connectivity index (χ1n) is 6.96. The minimum atomic E-state index is -0.0928. The van der Waals surface area contributed by atoms with Gasteiger partial charge in [0, 0.05) is 25.4 Å². The molecular weight excluding hydrogens is 278 g/mol. The van der Waals surface area contributed by atoms with Crippen LogP contribution in [-0.2, 0) is 4.79 Å². The second kappa shape index (κ2) is 7.57. The maximum atomic E-state index is 12.1. The number of carbonyl (C=O) groups is 1. The summed E-state index contributed by atoms with van der Waals surface area (Å²) < 4.78 is 0. The Balaban J connectivity index is 1.89. The zero-order chi connectivity index (χ0) is 14.4. The Kier molecular flexibility index (Phi) is 5.76. The van der Waals surface area contributed by atoms with E-state index in [-0.39, 0.29) is 12.5 Å². The SMILES string of the molecule is O=C(CN(CCCO)C1CCC1)Nc1cccnc1Cl. The Morgan fingerprint density at radius 1 is 1.55 bits per heavy atom. The first-order valence-corrected chi connectivity index (χ1v) is 7.34. The average Bonchev–Trinajstić information content (AvgIpc) is 2.36. The first kappa shape index (κ1) is 15.2. The van der Waals surface area contributed by atoms with E-state index in [1.165, 1.54) is 6.42 Å².